The molecule has 9 N–H and O–H groups in total. The predicted octanol–water partition coefficient (Wildman–Crippen LogP) is 6.87. The molecule has 0 radical (unpaired) electrons. The van der Waals surface area contributed by atoms with E-state index in [9.17, 15) is 19.8 Å². The molecule has 7 rings (SSSR count). The van der Waals surface area contributed by atoms with Crippen LogP contribution in [0.5, 0.6) is 11.5 Å². The van der Waals surface area contributed by atoms with Crippen molar-refractivity contribution in [2.45, 2.75) is 76.4 Å². The van der Waals surface area contributed by atoms with Crippen LogP contribution in [0.2, 0.25) is 0 Å². The molecule has 4 heterocycles. The van der Waals surface area contributed by atoms with Crippen molar-refractivity contribution in [3.8, 4) is 11.5 Å². The SMILES string of the molecule is CNC(=O)N(CCC=O)c1ccc2c(c1)c(C)cn2C1CCN(CC2(F)CC[N-]CC2)CC1.Cc1cc(O)ccc1C1CCCN(C(/C=C(\N)c2ccccc2O)=C(N)N)C1.[W]. The van der Waals surface area contributed by atoms with E-state index in [1.54, 1.807) is 48.4 Å². The maximum absolute atomic E-state index is 15.1. The number of hydrogen-bond donors (Lipinski definition) is 6. The second-order valence-electron chi connectivity index (χ2n) is 16.7. The largest absolute Gasteiger partial charge is 0.662 e. The minimum absolute atomic E-state index is 0. The summed E-state index contributed by atoms with van der Waals surface area (Å²) in [6, 6.07) is 18.6. The molecule has 0 aliphatic carbocycles. The first kappa shape index (κ1) is 48.0. The number of piperidine rings is 3. The topological polar surface area (TPSA) is 193 Å². The number of nitrogens with zero attached hydrogens (tertiary/aromatic N) is 5. The molecule has 1 unspecified atom stereocenters. The molecule has 4 aromatic rings. The zero-order chi connectivity index (χ0) is 43.7. The number of aryl methyl sites for hydroxylation is 2. The summed E-state index contributed by atoms with van der Waals surface area (Å²) in [4.78, 5) is 29.2. The number of carbonyl (C=O) groups excluding carboxylic acids is 2. The van der Waals surface area contributed by atoms with Gasteiger partial charge in [0.05, 0.1) is 5.70 Å². The zero-order valence-corrected chi connectivity index (χ0v) is 39.2. The summed E-state index contributed by atoms with van der Waals surface area (Å²) in [5.41, 5.74) is 24.1. The van der Waals surface area contributed by atoms with E-state index < -0.39 is 5.67 Å². The molecule has 62 heavy (non-hydrogen) atoms. The van der Waals surface area contributed by atoms with Crippen LogP contribution in [0.15, 0.2) is 84.5 Å². The van der Waals surface area contributed by atoms with Gasteiger partial charge in [0, 0.05) is 120 Å². The Balaban J connectivity index is 0.000000234. The number of likely N-dealkylation sites (tertiary alicyclic amines) is 2. The average molecular weight is 1020 g/mol. The number of halogens is 1. The number of urea groups is 1. The minimum Gasteiger partial charge on any atom is -0.662 e. The number of phenolic OH excluding ortho intramolecular Hbond substituents is 2. The van der Waals surface area contributed by atoms with Crippen molar-refractivity contribution < 1.29 is 45.3 Å². The number of para-hydroxylation sites is 1. The van der Waals surface area contributed by atoms with Crippen molar-refractivity contribution >= 4 is 34.6 Å². The van der Waals surface area contributed by atoms with Crippen molar-refractivity contribution in [1.29, 1.82) is 0 Å². The van der Waals surface area contributed by atoms with E-state index in [0.29, 0.717) is 74.4 Å². The summed E-state index contributed by atoms with van der Waals surface area (Å²) in [6.45, 7) is 9.66. The third-order valence-electron chi connectivity index (χ3n) is 12.4. The number of benzene rings is 3. The Morgan fingerprint density at radius 2 is 1.71 bits per heavy atom. The van der Waals surface area contributed by atoms with E-state index in [4.69, 9.17) is 17.2 Å². The van der Waals surface area contributed by atoms with Crippen LogP contribution < -0.4 is 27.4 Å². The van der Waals surface area contributed by atoms with Crippen molar-refractivity contribution in [1.82, 2.24) is 19.7 Å². The van der Waals surface area contributed by atoms with E-state index in [2.05, 4.69) is 44.2 Å². The first-order valence-electron chi connectivity index (χ1n) is 21.4. The molecule has 3 aliphatic rings. The molecule has 3 aliphatic heterocycles. The first-order valence-corrected chi connectivity index (χ1v) is 21.4. The normalized spacial score (nSPS) is 18.2. The van der Waals surface area contributed by atoms with Gasteiger partial charge in [-0.1, -0.05) is 18.2 Å². The van der Waals surface area contributed by atoms with Gasteiger partial charge in [0.2, 0.25) is 0 Å². The Morgan fingerprint density at radius 1 is 0.984 bits per heavy atom. The number of allylic oxidation sites excluding steroid dienone is 1. The Bertz CT molecular complexity index is 2210. The predicted molar refractivity (Wildman–Crippen MR) is 242 cm³/mol. The fourth-order valence-corrected chi connectivity index (χ4v) is 9.13. The molecular weight excluding hydrogens is 957 g/mol. The molecule has 1 aromatic heterocycles. The van der Waals surface area contributed by atoms with Gasteiger partial charge in [0.15, 0.2) is 0 Å². The van der Waals surface area contributed by atoms with Crippen molar-refractivity contribution in [3.05, 3.63) is 112 Å². The van der Waals surface area contributed by atoms with Crippen molar-refractivity contribution in [3.63, 3.8) is 0 Å². The van der Waals surface area contributed by atoms with Crippen LogP contribution in [-0.4, -0.2) is 102 Å². The number of aromatic hydroxyl groups is 2. The van der Waals surface area contributed by atoms with Crippen molar-refractivity contribution in [2.24, 2.45) is 17.2 Å². The third-order valence-corrected chi connectivity index (χ3v) is 12.4. The fourth-order valence-electron chi connectivity index (χ4n) is 9.13. The number of aromatic nitrogens is 1. The first-order chi connectivity index (χ1) is 29.3. The van der Waals surface area contributed by atoms with E-state index in [-0.39, 0.29) is 44.4 Å². The number of alkyl halides is 1. The number of nitrogens with one attached hydrogen (secondary N) is 1. The zero-order valence-electron chi connectivity index (χ0n) is 36.2. The van der Waals surface area contributed by atoms with Gasteiger partial charge in [0.25, 0.3) is 0 Å². The van der Waals surface area contributed by atoms with Gasteiger partial charge in [-0.2, -0.15) is 0 Å². The number of carbonyl (C=O) groups is 2. The average Bonchev–Trinajstić information content (AvgIpc) is 3.58. The number of rotatable bonds is 11. The Hall–Kier alpha value is -5.04. The molecule has 3 aromatic carbocycles. The maximum atomic E-state index is 15.1. The van der Waals surface area contributed by atoms with Gasteiger partial charge in [-0.25, -0.2) is 9.18 Å². The molecule has 334 valence electrons. The van der Waals surface area contributed by atoms with Crippen LogP contribution in [0.1, 0.15) is 79.2 Å². The number of nitrogens with two attached hydrogens (primary N) is 3. The fraction of sp³-hybridized carbons (Fsp3) is 0.447. The second-order valence-corrected chi connectivity index (χ2v) is 16.7. The molecule has 0 saturated carbocycles. The summed E-state index contributed by atoms with van der Waals surface area (Å²) < 4.78 is 17.4. The smallest absolute Gasteiger partial charge is 0.321 e. The van der Waals surface area contributed by atoms with E-state index >= 15 is 4.39 Å². The molecule has 0 bridgehead atoms. The Kier molecular flexibility index (Phi) is 16.9. The van der Waals surface area contributed by atoms with E-state index in [1.807, 2.05) is 31.2 Å². The Labute approximate surface area is 379 Å². The number of fused-ring (bicyclic) bond motifs is 1. The maximum Gasteiger partial charge on any atom is 0.321 e. The van der Waals surface area contributed by atoms with Gasteiger partial charge in [0.1, 0.15) is 29.3 Å². The monoisotopic (exact) mass is 1020 g/mol. The quantitative estimate of drug-likeness (QED) is 0.0688. The van der Waals surface area contributed by atoms with E-state index in [0.717, 1.165) is 85.9 Å². The van der Waals surface area contributed by atoms with Crippen LogP contribution in [0.4, 0.5) is 14.9 Å². The molecular formula is C47H63FN9O4W-. The number of hydrogen-bond acceptors (Lipinski definition) is 9. The van der Waals surface area contributed by atoms with Gasteiger partial charge in [-0.15, -0.1) is 13.1 Å². The minimum atomic E-state index is -1.08. The summed E-state index contributed by atoms with van der Waals surface area (Å²) in [5.74, 6) is 0.895. The summed E-state index contributed by atoms with van der Waals surface area (Å²) >= 11 is 0. The van der Waals surface area contributed by atoms with Crippen LogP contribution in [0.3, 0.4) is 0 Å². The number of phenols is 2. The van der Waals surface area contributed by atoms with Gasteiger partial charge >= 0.3 is 6.03 Å². The molecule has 0 spiro atoms. The van der Waals surface area contributed by atoms with Crippen LogP contribution in [-0.2, 0) is 25.9 Å². The standard InChI is InChI=1S/C25H35FN5O2.C22H28N4O2.W/c1-19-17-31(20-6-13-29(14-7-20)18-25(26)8-10-28-11-9-25)23-5-4-21(16-22(19)23)30(12-3-15-32)24(33)27-2;1-14-11-16(27)8-9-17(14)15-5-4-10-26(13-15)20(22(24)25)12-19(23)18-6-2-3-7-21(18)28;/h4-5,15-17,20H,3,6-14,18H2,1-2H3,(H,27,33);2-3,6-9,11-12,15,27-28H,4-5,10,13,23-25H2,1H3;/q-1;;/b;19-12-;. The van der Waals surface area contributed by atoms with Crippen molar-refractivity contribution in [2.75, 3.05) is 64.3 Å². The molecule has 15 heteroatoms. The number of anilines is 1. The summed E-state index contributed by atoms with van der Waals surface area (Å²) in [7, 11) is 1.59. The number of aldehydes is 1. The summed E-state index contributed by atoms with van der Waals surface area (Å²) in [5, 5.41) is 27.8. The molecule has 13 nitrogen and oxygen atoms in total. The van der Waals surface area contributed by atoms with E-state index in [1.165, 1.54) is 5.56 Å². The van der Waals surface area contributed by atoms with Gasteiger partial charge < -0.3 is 57.2 Å². The van der Waals surface area contributed by atoms with Crippen LogP contribution >= 0.6 is 0 Å². The third kappa shape index (κ3) is 11.7. The molecule has 2 amide bonds. The molecule has 3 fully saturated rings. The Morgan fingerprint density at radius 3 is 2.37 bits per heavy atom. The van der Waals surface area contributed by atoms with Gasteiger partial charge in [-0.3, -0.25) is 4.90 Å². The molecule has 3 saturated heterocycles. The van der Waals surface area contributed by atoms with Gasteiger partial charge in [-0.05, 0) is 118 Å². The summed E-state index contributed by atoms with van der Waals surface area (Å²) in [6.07, 6.45) is 10.2. The second kappa shape index (κ2) is 21.8. The molecule has 1 atom stereocenters. The van der Waals surface area contributed by atoms with Crippen LogP contribution in [0.25, 0.3) is 21.9 Å². The number of amides is 2. The van der Waals surface area contributed by atoms with Crippen LogP contribution in [0, 0.1) is 13.8 Å².